The van der Waals surface area contributed by atoms with E-state index in [9.17, 15) is 0 Å². The molecule has 0 spiro atoms. The standard InChI is InChI=1S/C12H24B2O4.C11H18BrNOSi/c1-9(2)10(3,4)16-13(15-9)14-17-11(5,6)12(7,8)18-14;1-11(2,14-15(3,4)5)10-7-6-9(12)8-13-10/h1-8H3;6-8H,1-5H3/i;1D3. The average molecular weight is 545 g/mol. The van der Waals surface area contributed by atoms with E-state index in [1.54, 1.807) is 25.3 Å². The zero-order chi connectivity index (χ0) is 28.2. The van der Waals surface area contributed by atoms with Crippen LogP contribution in [0, 0.1) is 0 Å². The molecule has 1 aromatic rings. The van der Waals surface area contributed by atoms with E-state index in [0.29, 0.717) is 5.69 Å². The van der Waals surface area contributed by atoms with Gasteiger partial charge >= 0.3 is 14.0 Å². The second-order valence-corrected chi connectivity index (χ2v) is 17.2. The van der Waals surface area contributed by atoms with E-state index in [0.717, 1.165) is 4.47 Å². The Bertz CT molecular complexity index is 860. The van der Waals surface area contributed by atoms with Gasteiger partial charge in [0.1, 0.15) is 0 Å². The van der Waals surface area contributed by atoms with Crippen LogP contribution >= 0.6 is 15.9 Å². The van der Waals surface area contributed by atoms with Gasteiger partial charge in [-0.15, -0.1) is 0 Å². The van der Waals surface area contributed by atoms with Gasteiger partial charge < -0.3 is 23.0 Å². The molecule has 3 rings (SSSR count). The van der Waals surface area contributed by atoms with Gasteiger partial charge in [-0.2, -0.15) is 0 Å². The number of aromatic nitrogens is 1. The predicted molar refractivity (Wildman–Crippen MR) is 142 cm³/mol. The summed E-state index contributed by atoms with van der Waals surface area (Å²) in [6.45, 7) is 21.4. The van der Waals surface area contributed by atoms with E-state index in [-0.39, 0.29) is 22.4 Å². The van der Waals surface area contributed by atoms with Crippen LogP contribution in [0.15, 0.2) is 22.8 Å². The molecule has 3 heterocycles. The SMILES string of the molecule is CC1(C)OB(B2OC(C)(C)C(C)(C)O2)OC1(C)C.[2H]C([2H])([2H])C(C)(O[Si](C)(C)C)c1ccc(Br)cn1. The van der Waals surface area contributed by atoms with Crippen molar-refractivity contribution in [3.63, 3.8) is 0 Å². The first-order valence-electron chi connectivity index (χ1n) is 12.9. The number of rotatable bonds is 4. The fraction of sp³-hybridized carbons (Fsp3) is 0.783. The van der Waals surface area contributed by atoms with Crippen LogP contribution in [0.2, 0.25) is 19.6 Å². The minimum absolute atomic E-state index is 0.360. The van der Waals surface area contributed by atoms with Crippen molar-refractivity contribution >= 4 is 38.3 Å². The van der Waals surface area contributed by atoms with Gasteiger partial charge in [-0.05, 0) is 117 Å². The zero-order valence-electron chi connectivity index (χ0n) is 25.3. The van der Waals surface area contributed by atoms with Crippen molar-refractivity contribution in [1.29, 1.82) is 0 Å². The molecule has 1 atom stereocenters. The highest BCUT2D eigenvalue weighted by molar-refractivity contribution is 9.10. The van der Waals surface area contributed by atoms with Crippen molar-refractivity contribution in [2.24, 2.45) is 0 Å². The summed E-state index contributed by atoms with van der Waals surface area (Å²) in [7, 11) is -2.96. The Morgan fingerprint density at radius 1 is 0.879 bits per heavy atom. The Morgan fingerprint density at radius 2 is 1.27 bits per heavy atom. The summed E-state index contributed by atoms with van der Waals surface area (Å²) in [6.07, 6.45) is 1.59. The third-order valence-electron chi connectivity index (χ3n) is 6.49. The molecule has 1 aromatic heterocycles. The lowest BCUT2D eigenvalue weighted by Crippen LogP contribution is -2.41. The van der Waals surface area contributed by atoms with Crippen molar-refractivity contribution < 1.29 is 27.2 Å². The van der Waals surface area contributed by atoms with Crippen LogP contribution in [0.4, 0.5) is 0 Å². The quantitative estimate of drug-likeness (QED) is 0.422. The normalized spacial score (nSPS) is 26.5. The van der Waals surface area contributed by atoms with Gasteiger partial charge in [0.25, 0.3) is 0 Å². The second kappa shape index (κ2) is 9.34. The van der Waals surface area contributed by atoms with Gasteiger partial charge in [0.15, 0.2) is 8.32 Å². The van der Waals surface area contributed by atoms with Crippen LogP contribution in [-0.4, -0.2) is 49.7 Å². The lowest BCUT2D eigenvalue weighted by atomic mass is 9.49. The van der Waals surface area contributed by atoms with Crippen molar-refractivity contribution in [2.75, 3.05) is 0 Å². The summed E-state index contributed by atoms with van der Waals surface area (Å²) in [6, 6.07) is 3.47. The van der Waals surface area contributed by atoms with Crippen LogP contribution < -0.4 is 0 Å². The van der Waals surface area contributed by atoms with Crippen LogP contribution in [-0.2, 0) is 28.6 Å². The smallest absolute Gasteiger partial charge is 0.407 e. The fourth-order valence-corrected chi connectivity index (χ4v) is 4.89. The van der Waals surface area contributed by atoms with Crippen molar-refractivity contribution in [1.82, 2.24) is 4.98 Å². The molecule has 33 heavy (non-hydrogen) atoms. The van der Waals surface area contributed by atoms with Crippen LogP contribution in [0.1, 0.15) is 79.0 Å². The van der Waals surface area contributed by atoms with Gasteiger partial charge in [-0.3, -0.25) is 4.98 Å². The minimum atomic E-state index is -2.26. The Morgan fingerprint density at radius 3 is 1.55 bits per heavy atom. The molecule has 0 aliphatic carbocycles. The molecule has 6 nitrogen and oxygen atoms in total. The Labute approximate surface area is 215 Å². The molecule has 0 N–H and O–H groups in total. The predicted octanol–water partition coefficient (Wildman–Crippen LogP) is 6.18. The van der Waals surface area contributed by atoms with E-state index in [2.05, 4.69) is 20.9 Å². The highest BCUT2D eigenvalue weighted by Crippen LogP contribution is 2.42. The van der Waals surface area contributed by atoms with Crippen molar-refractivity contribution in [2.45, 2.75) is 117 Å². The maximum absolute atomic E-state index is 7.74. The number of hydrogen-bond acceptors (Lipinski definition) is 6. The molecule has 2 aliphatic heterocycles. The van der Waals surface area contributed by atoms with E-state index in [1.807, 2.05) is 75.0 Å². The summed E-state index contributed by atoms with van der Waals surface area (Å²) in [5.41, 5.74) is -2.36. The number of pyridine rings is 1. The molecule has 2 fully saturated rings. The summed E-state index contributed by atoms with van der Waals surface area (Å²) >= 11 is 3.29. The summed E-state index contributed by atoms with van der Waals surface area (Å²) in [5.74, 6) is 0. The Hall–Kier alpha value is -0.223. The monoisotopic (exact) mass is 544 g/mol. The molecule has 0 aromatic carbocycles. The first-order chi connectivity index (χ1) is 15.8. The Kier molecular flexibility index (Phi) is 6.92. The van der Waals surface area contributed by atoms with Gasteiger partial charge in [-0.25, -0.2) is 0 Å². The molecule has 10 heteroatoms. The highest BCUT2D eigenvalue weighted by Gasteiger charge is 2.63. The number of halogens is 1. The summed E-state index contributed by atoms with van der Waals surface area (Å²) in [5, 5.41) is 0. The largest absolute Gasteiger partial charge is 0.488 e. The third-order valence-corrected chi connectivity index (χ3v) is 7.98. The molecule has 0 saturated carbocycles. The van der Waals surface area contributed by atoms with E-state index >= 15 is 0 Å². The number of hydrogen-bond donors (Lipinski definition) is 0. The van der Waals surface area contributed by atoms with Gasteiger partial charge in [0, 0.05) is 14.8 Å². The number of nitrogens with zero attached hydrogens (tertiary/aromatic N) is 1. The maximum atomic E-state index is 7.74. The Balaban J connectivity index is 0.000000254. The van der Waals surface area contributed by atoms with E-state index in [4.69, 9.17) is 27.2 Å². The topological polar surface area (TPSA) is 59.0 Å². The minimum Gasteiger partial charge on any atom is -0.407 e. The lowest BCUT2D eigenvalue weighted by molar-refractivity contribution is 0.00578. The van der Waals surface area contributed by atoms with Crippen LogP contribution in [0.25, 0.3) is 0 Å². The molecule has 186 valence electrons. The molecule has 2 saturated heterocycles. The molecule has 0 bridgehead atoms. The molecule has 0 radical (unpaired) electrons. The van der Waals surface area contributed by atoms with Gasteiger partial charge in [0.05, 0.1) is 33.7 Å². The molecular formula is C23H42B2BrNO5Si. The molecule has 0 amide bonds. The molecule has 1 unspecified atom stereocenters. The second-order valence-electron chi connectivity index (χ2n) is 11.9. The summed E-state index contributed by atoms with van der Waals surface area (Å²) in [4.78, 5) is 4.19. The lowest BCUT2D eigenvalue weighted by Gasteiger charge is -2.32. The zero-order valence-corrected chi connectivity index (χ0v) is 24.8. The van der Waals surface area contributed by atoms with E-state index < -0.39 is 34.8 Å². The molecule has 2 aliphatic rings. The fourth-order valence-electron chi connectivity index (χ4n) is 3.32. The average Bonchev–Trinajstić information content (AvgIpc) is 3.00. The van der Waals surface area contributed by atoms with Crippen molar-refractivity contribution in [3.8, 4) is 0 Å². The van der Waals surface area contributed by atoms with Gasteiger partial charge in [0.2, 0.25) is 0 Å². The first-order valence-corrected chi connectivity index (χ1v) is 15.6. The first kappa shape index (κ1) is 24.5. The van der Waals surface area contributed by atoms with Crippen LogP contribution in [0.3, 0.4) is 0 Å². The van der Waals surface area contributed by atoms with Crippen molar-refractivity contribution in [3.05, 3.63) is 28.5 Å². The molecular weight excluding hydrogens is 500 g/mol. The van der Waals surface area contributed by atoms with E-state index in [1.165, 1.54) is 0 Å². The van der Waals surface area contributed by atoms with Gasteiger partial charge in [-0.1, -0.05) is 0 Å². The summed E-state index contributed by atoms with van der Waals surface area (Å²) < 4.78 is 53.8. The van der Waals surface area contributed by atoms with Crippen LogP contribution in [0.5, 0.6) is 0 Å². The third kappa shape index (κ3) is 6.93. The highest BCUT2D eigenvalue weighted by atomic mass is 79.9. The maximum Gasteiger partial charge on any atom is 0.488 e.